The molecule has 0 atom stereocenters. The monoisotopic (exact) mass is 1370 g/mol. The molecule has 12 radical (unpaired) electrons. The fourth-order valence-corrected chi connectivity index (χ4v) is 20.5. The van der Waals surface area contributed by atoms with Crippen molar-refractivity contribution in [3.05, 3.63) is 364 Å². The molecule has 12 rings (SSSR count). The molecule has 0 aliphatic rings. The zero-order valence-electron chi connectivity index (χ0n) is 43.6. The van der Waals surface area contributed by atoms with Gasteiger partial charge in [0.05, 0.1) is 0 Å². The van der Waals surface area contributed by atoms with Gasteiger partial charge in [-0.1, -0.05) is 0 Å². The summed E-state index contributed by atoms with van der Waals surface area (Å²) in [6.07, 6.45) is 0. The zero-order valence-corrected chi connectivity index (χ0v) is 56.2. The van der Waals surface area contributed by atoms with Crippen molar-refractivity contribution in [2.24, 2.45) is 0 Å². The molecule has 0 N–H and O–H groups in total. The van der Waals surface area contributed by atoms with E-state index in [1.807, 2.05) is 0 Å². The summed E-state index contributed by atoms with van der Waals surface area (Å²) in [6.45, 7) is 0. The second-order valence-corrected chi connectivity index (χ2v) is 34.8. The quantitative estimate of drug-likeness (QED) is 0.109. The van der Waals surface area contributed by atoms with E-state index in [4.69, 9.17) is 0 Å². The van der Waals surface area contributed by atoms with Crippen LogP contribution in [0.3, 0.4) is 0 Å². The van der Waals surface area contributed by atoms with Crippen LogP contribution in [-0.2, 0) is 0 Å². The SMILES string of the molecule is c1cc[c]([Ge][c]2ccccc2)cc1.c1cc[c]([Ge][c]2ccccc2)cc1.c1cc[c]([Ge][c]2ccccc2)cc1.c1cc[c]([Ge][c]2ccccc2)cc1.c1cc[c]([Ge][c]2ccccc2)cc1.c1cc[c]([Ge][c]2ccccc2)cc1. The van der Waals surface area contributed by atoms with Crippen LogP contribution in [0.2, 0.25) is 0 Å². The minimum absolute atomic E-state index is 0.108. The standard InChI is InChI=1S/6C12H10Ge/c6*1-3-7-11(8-4-1)13-12-9-5-2-6-10-12/h6*1-10H. The van der Waals surface area contributed by atoms with Crippen molar-refractivity contribution in [2.75, 3.05) is 0 Å². The first-order chi connectivity index (χ1) is 38.7. The van der Waals surface area contributed by atoms with Gasteiger partial charge in [-0.3, -0.25) is 0 Å². The molecule has 0 aliphatic carbocycles. The third-order valence-corrected chi connectivity index (χ3v) is 26.7. The van der Waals surface area contributed by atoms with Crippen molar-refractivity contribution in [1.82, 2.24) is 0 Å². The van der Waals surface area contributed by atoms with Gasteiger partial charge in [0.2, 0.25) is 0 Å². The number of rotatable bonds is 12. The minimum atomic E-state index is -0.108. The predicted octanol–water partition coefficient (Wildman–Crippen LogP) is 8.05. The normalized spacial score (nSPS) is 9.85. The van der Waals surface area contributed by atoms with E-state index in [0.717, 1.165) is 0 Å². The Labute approximate surface area is 504 Å². The third kappa shape index (κ3) is 25.6. The van der Waals surface area contributed by atoms with Gasteiger partial charge in [-0.25, -0.2) is 0 Å². The molecule has 6 heteroatoms. The topological polar surface area (TPSA) is 0 Å². The first-order valence-electron chi connectivity index (χ1n) is 25.9. The van der Waals surface area contributed by atoms with E-state index < -0.39 is 0 Å². The Balaban J connectivity index is 0.000000136. The van der Waals surface area contributed by atoms with Crippen LogP contribution in [-0.4, -0.2) is 92.6 Å². The first kappa shape index (κ1) is 59.6. The average molecular weight is 1360 g/mol. The van der Waals surface area contributed by atoms with Crippen LogP contribution in [0.25, 0.3) is 0 Å². The van der Waals surface area contributed by atoms with Crippen molar-refractivity contribution in [2.45, 2.75) is 0 Å². The van der Waals surface area contributed by atoms with E-state index in [-0.39, 0.29) is 92.6 Å². The van der Waals surface area contributed by atoms with Crippen LogP contribution in [0.4, 0.5) is 0 Å². The molecule has 0 saturated heterocycles. The van der Waals surface area contributed by atoms with Gasteiger partial charge in [0, 0.05) is 0 Å². The van der Waals surface area contributed by atoms with Crippen molar-refractivity contribution in [1.29, 1.82) is 0 Å². The van der Waals surface area contributed by atoms with Crippen molar-refractivity contribution >= 4 is 145 Å². The van der Waals surface area contributed by atoms with E-state index in [0.29, 0.717) is 0 Å². The molecule has 0 aliphatic heterocycles. The van der Waals surface area contributed by atoms with Gasteiger partial charge in [-0.05, 0) is 0 Å². The molecule has 0 nitrogen and oxygen atoms in total. The molecule has 78 heavy (non-hydrogen) atoms. The summed E-state index contributed by atoms with van der Waals surface area (Å²) in [6, 6.07) is 129. The molecule has 12 aromatic rings. The van der Waals surface area contributed by atoms with Gasteiger partial charge < -0.3 is 0 Å². The molecule has 0 bridgehead atoms. The molecule has 0 saturated carbocycles. The molecule has 0 heterocycles. The maximum atomic E-state index is 2.22. The Morgan fingerprint density at radius 2 is 0.154 bits per heavy atom. The van der Waals surface area contributed by atoms with Gasteiger partial charge in [0.1, 0.15) is 0 Å². The summed E-state index contributed by atoms with van der Waals surface area (Å²) in [5.74, 6) is 0. The number of hydrogen-bond donors (Lipinski definition) is 0. The van der Waals surface area contributed by atoms with E-state index in [1.54, 1.807) is 0 Å². The molecule has 0 unspecified atom stereocenters. The molecule has 0 spiro atoms. The predicted molar refractivity (Wildman–Crippen MR) is 347 cm³/mol. The molecule has 12 aromatic carbocycles. The van der Waals surface area contributed by atoms with E-state index in [9.17, 15) is 0 Å². The Hall–Kier alpha value is -6.10. The summed E-state index contributed by atoms with van der Waals surface area (Å²) in [5, 5.41) is 0. The van der Waals surface area contributed by atoms with Gasteiger partial charge in [-0.15, -0.1) is 0 Å². The Morgan fingerprint density at radius 3 is 0.218 bits per heavy atom. The van der Waals surface area contributed by atoms with Crippen molar-refractivity contribution < 1.29 is 0 Å². The summed E-state index contributed by atoms with van der Waals surface area (Å²) in [5.41, 5.74) is 0. The van der Waals surface area contributed by atoms with E-state index >= 15 is 0 Å². The second-order valence-electron chi connectivity index (χ2n) is 17.1. The Morgan fingerprint density at radius 1 is 0.0897 bits per heavy atom. The van der Waals surface area contributed by atoms with Crippen LogP contribution in [0, 0.1) is 0 Å². The number of hydrogen-bond acceptors (Lipinski definition) is 0. The number of benzene rings is 12. The molecule has 0 aromatic heterocycles. The van der Waals surface area contributed by atoms with Crippen molar-refractivity contribution in [3.63, 3.8) is 0 Å². The van der Waals surface area contributed by atoms with Crippen LogP contribution in [0.1, 0.15) is 0 Å². The van der Waals surface area contributed by atoms with Gasteiger partial charge in [-0.2, -0.15) is 0 Å². The average Bonchev–Trinajstić information content (AvgIpc) is 3.51. The molecular weight excluding hydrogens is 1300 g/mol. The fourth-order valence-electron chi connectivity index (χ4n) is 7.26. The zero-order chi connectivity index (χ0) is 53.6. The Kier molecular flexibility index (Phi) is 28.8. The van der Waals surface area contributed by atoms with Gasteiger partial charge in [0.15, 0.2) is 0 Å². The van der Waals surface area contributed by atoms with Gasteiger partial charge >= 0.3 is 509 Å². The summed E-state index contributed by atoms with van der Waals surface area (Å²) < 4.78 is 17.9. The molecule has 0 amide bonds. The van der Waals surface area contributed by atoms with Crippen LogP contribution >= 0.6 is 0 Å². The van der Waals surface area contributed by atoms with Gasteiger partial charge in [0.25, 0.3) is 0 Å². The summed E-state index contributed by atoms with van der Waals surface area (Å²) >= 11 is -0.647. The molecule has 372 valence electrons. The fraction of sp³-hybridized carbons (Fsp3) is 0. The maximum absolute atomic E-state index is 2.22. The van der Waals surface area contributed by atoms with E-state index in [1.165, 1.54) is 52.8 Å². The Bertz CT molecular complexity index is 2490. The first-order valence-corrected chi connectivity index (χ1v) is 38.5. The summed E-state index contributed by atoms with van der Waals surface area (Å²) in [7, 11) is 0. The third-order valence-electron chi connectivity index (χ3n) is 11.0. The molecule has 0 fully saturated rings. The van der Waals surface area contributed by atoms with Crippen molar-refractivity contribution in [3.8, 4) is 0 Å². The summed E-state index contributed by atoms with van der Waals surface area (Å²) in [4.78, 5) is 0. The molecular formula is C72H60Ge6. The van der Waals surface area contributed by atoms with Crippen LogP contribution < -0.4 is 52.8 Å². The van der Waals surface area contributed by atoms with Crippen LogP contribution in [0.5, 0.6) is 0 Å². The second kappa shape index (κ2) is 37.7. The van der Waals surface area contributed by atoms with E-state index in [2.05, 4.69) is 364 Å². The van der Waals surface area contributed by atoms with Crippen LogP contribution in [0.15, 0.2) is 364 Å².